The Labute approximate surface area is 127 Å². The van der Waals surface area contributed by atoms with Crippen LogP contribution >= 0.6 is 0 Å². The second-order valence-electron chi connectivity index (χ2n) is 7.52. The Morgan fingerprint density at radius 1 is 0.950 bits per heavy atom. The van der Waals surface area contributed by atoms with Gasteiger partial charge in [-0.2, -0.15) is 0 Å². The SMILES string of the molecule is CCC(CCCCC(C)C(C)(C)C)Cc1ccccc1. The van der Waals surface area contributed by atoms with Crippen molar-refractivity contribution < 1.29 is 0 Å². The Bertz CT molecular complexity index is 344. The van der Waals surface area contributed by atoms with Crippen LogP contribution in [0.4, 0.5) is 0 Å². The van der Waals surface area contributed by atoms with Crippen LogP contribution in [0.25, 0.3) is 0 Å². The van der Waals surface area contributed by atoms with Gasteiger partial charge in [0.1, 0.15) is 0 Å². The molecule has 0 saturated carbocycles. The summed E-state index contributed by atoms with van der Waals surface area (Å²) in [5.41, 5.74) is 1.97. The van der Waals surface area contributed by atoms with Crippen LogP contribution in [0.3, 0.4) is 0 Å². The highest BCUT2D eigenvalue weighted by Crippen LogP contribution is 2.30. The number of hydrogen-bond donors (Lipinski definition) is 0. The predicted molar refractivity (Wildman–Crippen MR) is 91.0 cm³/mol. The molecule has 2 unspecified atom stereocenters. The Morgan fingerprint density at radius 3 is 2.10 bits per heavy atom. The highest BCUT2D eigenvalue weighted by Gasteiger charge is 2.19. The topological polar surface area (TPSA) is 0 Å². The van der Waals surface area contributed by atoms with Crippen LogP contribution < -0.4 is 0 Å². The minimum absolute atomic E-state index is 0.466. The van der Waals surface area contributed by atoms with Gasteiger partial charge in [-0.25, -0.2) is 0 Å². The number of rotatable bonds is 8. The molecule has 0 N–H and O–H groups in total. The van der Waals surface area contributed by atoms with E-state index in [0.29, 0.717) is 5.41 Å². The van der Waals surface area contributed by atoms with E-state index in [2.05, 4.69) is 65.0 Å². The van der Waals surface area contributed by atoms with Crippen molar-refractivity contribution in [2.45, 2.75) is 73.1 Å². The second kappa shape index (κ2) is 8.49. The Kier molecular flexibility index (Phi) is 7.34. The second-order valence-corrected chi connectivity index (χ2v) is 7.52. The first kappa shape index (κ1) is 17.3. The van der Waals surface area contributed by atoms with Crippen LogP contribution in [-0.4, -0.2) is 0 Å². The minimum Gasteiger partial charge on any atom is -0.0651 e. The minimum atomic E-state index is 0.466. The largest absolute Gasteiger partial charge is 0.0651 e. The first-order valence-corrected chi connectivity index (χ1v) is 8.47. The maximum atomic E-state index is 2.40. The van der Waals surface area contributed by atoms with E-state index in [0.717, 1.165) is 11.8 Å². The third kappa shape index (κ3) is 6.59. The lowest BCUT2D eigenvalue weighted by Gasteiger charge is -2.27. The lowest BCUT2D eigenvalue weighted by Crippen LogP contribution is -2.17. The molecule has 0 aliphatic heterocycles. The van der Waals surface area contributed by atoms with Gasteiger partial charge in [0.15, 0.2) is 0 Å². The van der Waals surface area contributed by atoms with E-state index in [1.54, 1.807) is 0 Å². The van der Waals surface area contributed by atoms with E-state index in [-0.39, 0.29) is 0 Å². The van der Waals surface area contributed by atoms with Gasteiger partial charge in [-0.1, -0.05) is 97.1 Å². The number of hydrogen-bond acceptors (Lipinski definition) is 0. The molecule has 0 heteroatoms. The van der Waals surface area contributed by atoms with Gasteiger partial charge in [0.05, 0.1) is 0 Å². The molecular formula is C20H34. The highest BCUT2D eigenvalue weighted by atomic mass is 14.2. The van der Waals surface area contributed by atoms with Crippen molar-refractivity contribution in [3.05, 3.63) is 35.9 Å². The molecule has 2 atom stereocenters. The molecule has 0 nitrogen and oxygen atoms in total. The van der Waals surface area contributed by atoms with Crippen molar-refractivity contribution in [2.24, 2.45) is 17.3 Å². The summed E-state index contributed by atoms with van der Waals surface area (Å²) in [7, 11) is 0. The van der Waals surface area contributed by atoms with Crippen LogP contribution in [0.15, 0.2) is 30.3 Å². The third-order valence-corrected chi connectivity index (χ3v) is 4.92. The normalized spacial score (nSPS) is 15.1. The third-order valence-electron chi connectivity index (χ3n) is 4.92. The molecule has 0 radical (unpaired) electrons. The zero-order chi connectivity index (χ0) is 15.0. The fourth-order valence-corrected chi connectivity index (χ4v) is 2.71. The first-order valence-electron chi connectivity index (χ1n) is 8.47. The molecular weight excluding hydrogens is 240 g/mol. The summed E-state index contributed by atoms with van der Waals surface area (Å²) in [5, 5.41) is 0. The average molecular weight is 274 g/mol. The first-order chi connectivity index (χ1) is 9.43. The molecule has 0 fully saturated rings. The van der Waals surface area contributed by atoms with E-state index < -0.39 is 0 Å². The van der Waals surface area contributed by atoms with Gasteiger partial charge in [0.25, 0.3) is 0 Å². The number of unbranched alkanes of at least 4 members (excludes halogenated alkanes) is 1. The van der Waals surface area contributed by atoms with Crippen molar-refractivity contribution in [1.29, 1.82) is 0 Å². The molecule has 1 rings (SSSR count). The lowest BCUT2D eigenvalue weighted by atomic mass is 9.79. The number of benzene rings is 1. The molecule has 0 spiro atoms. The van der Waals surface area contributed by atoms with Gasteiger partial charge in [-0.3, -0.25) is 0 Å². The molecule has 20 heavy (non-hydrogen) atoms. The molecule has 0 bridgehead atoms. The van der Waals surface area contributed by atoms with Crippen molar-refractivity contribution in [3.8, 4) is 0 Å². The van der Waals surface area contributed by atoms with E-state index in [1.165, 1.54) is 44.1 Å². The van der Waals surface area contributed by atoms with Gasteiger partial charge in [-0.05, 0) is 29.2 Å². The standard InChI is InChI=1S/C20H34/c1-6-18(16-19-14-8-7-9-15-19)13-11-10-12-17(2)20(3,4)5/h7-9,14-15,17-18H,6,10-13,16H2,1-5H3. The maximum Gasteiger partial charge on any atom is -0.0250 e. The maximum absolute atomic E-state index is 2.40. The van der Waals surface area contributed by atoms with Gasteiger partial charge >= 0.3 is 0 Å². The highest BCUT2D eigenvalue weighted by molar-refractivity contribution is 5.15. The van der Waals surface area contributed by atoms with Crippen LogP contribution in [-0.2, 0) is 6.42 Å². The zero-order valence-electron chi connectivity index (χ0n) is 14.3. The monoisotopic (exact) mass is 274 g/mol. The smallest absolute Gasteiger partial charge is 0.0250 e. The summed E-state index contributed by atoms with van der Waals surface area (Å²) in [6.45, 7) is 11.8. The summed E-state index contributed by atoms with van der Waals surface area (Å²) in [5.74, 6) is 1.69. The predicted octanol–water partition coefficient (Wildman–Crippen LogP) is 6.50. The quantitative estimate of drug-likeness (QED) is 0.475. The van der Waals surface area contributed by atoms with E-state index in [9.17, 15) is 0 Å². The summed E-state index contributed by atoms with van der Waals surface area (Å²) in [6.07, 6.45) is 8.12. The van der Waals surface area contributed by atoms with Crippen LogP contribution in [0.1, 0.15) is 72.3 Å². The Balaban J connectivity index is 2.25. The molecule has 0 aliphatic carbocycles. The summed E-state index contributed by atoms with van der Waals surface area (Å²) < 4.78 is 0. The molecule has 1 aromatic carbocycles. The van der Waals surface area contributed by atoms with E-state index >= 15 is 0 Å². The molecule has 0 aromatic heterocycles. The fourth-order valence-electron chi connectivity index (χ4n) is 2.71. The molecule has 0 heterocycles. The van der Waals surface area contributed by atoms with Crippen molar-refractivity contribution in [2.75, 3.05) is 0 Å². The Hall–Kier alpha value is -0.780. The summed E-state index contributed by atoms with van der Waals surface area (Å²) in [6, 6.07) is 11.0. The Morgan fingerprint density at radius 2 is 1.55 bits per heavy atom. The van der Waals surface area contributed by atoms with Crippen LogP contribution in [0, 0.1) is 17.3 Å². The van der Waals surface area contributed by atoms with Gasteiger partial charge < -0.3 is 0 Å². The van der Waals surface area contributed by atoms with E-state index in [4.69, 9.17) is 0 Å². The van der Waals surface area contributed by atoms with Gasteiger partial charge in [-0.15, -0.1) is 0 Å². The van der Waals surface area contributed by atoms with Crippen LogP contribution in [0.2, 0.25) is 0 Å². The van der Waals surface area contributed by atoms with Crippen molar-refractivity contribution in [1.82, 2.24) is 0 Å². The summed E-state index contributed by atoms with van der Waals surface area (Å²) in [4.78, 5) is 0. The van der Waals surface area contributed by atoms with Gasteiger partial charge in [0, 0.05) is 0 Å². The molecule has 0 amide bonds. The molecule has 1 aromatic rings. The van der Waals surface area contributed by atoms with Crippen LogP contribution in [0.5, 0.6) is 0 Å². The fraction of sp³-hybridized carbons (Fsp3) is 0.700. The molecule has 114 valence electrons. The average Bonchev–Trinajstić information content (AvgIpc) is 2.42. The van der Waals surface area contributed by atoms with E-state index in [1.807, 2.05) is 0 Å². The van der Waals surface area contributed by atoms with Crippen molar-refractivity contribution >= 4 is 0 Å². The summed E-state index contributed by atoms with van der Waals surface area (Å²) >= 11 is 0. The lowest BCUT2D eigenvalue weighted by molar-refractivity contribution is 0.239. The molecule has 0 aliphatic rings. The zero-order valence-corrected chi connectivity index (χ0v) is 14.3. The van der Waals surface area contributed by atoms with Gasteiger partial charge in [0.2, 0.25) is 0 Å². The van der Waals surface area contributed by atoms with Crippen molar-refractivity contribution in [3.63, 3.8) is 0 Å². The molecule has 0 saturated heterocycles.